The summed E-state index contributed by atoms with van der Waals surface area (Å²) in [4.78, 5) is 23.8. The molecule has 0 bridgehead atoms. The summed E-state index contributed by atoms with van der Waals surface area (Å²) in [5.74, 6) is 0.281. The summed E-state index contributed by atoms with van der Waals surface area (Å²) < 4.78 is 10.5. The van der Waals surface area contributed by atoms with Gasteiger partial charge in [0.1, 0.15) is 5.75 Å². The van der Waals surface area contributed by atoms with Gasteiger partial charge >= 0.3 is 0 Å². The van der Waals surface area contributed by atoms with Crippen LogP contribution in [0.25, 0.3) is 0 Å². The first kappa shape index (κ1) is 19.2. The van der Waals surface area contributed by atoms with Crippen LogP contribution in [0.1, 0.15) is 21.7 Å². The highest BCUT2D eigenvalue weighted by molar-refractivity contribution is 6.02. The Morgan fingerprint density at radius 2 is 1.79 bits per heavy atom. The van der Waals surface area contributed by atoms with E-state index in [9.17, 15) is 9.59 Å². The maximum absolute atomic E-state index is 11.9. The molecule has 1 heterocycles. The third kappa shape index (κ3) is 5.48. The van der Waals surface area contributed by atoms with Gasteiger partial charge in [-0.2, -0.15) is 0 Å². The van der Waals surface area contributed by atoms with E-state index in [1.807, 2.05) is 12.1 Å². The number of hydrogen-bond acceptors (Lipinski definition) is 4. The van der Waals surface area contributed by atoms with Crippen LogP contribution >= 0.6 is 0 Å². The van der Waals surface area contributed by atoms with Crippen molar-refractivity contribution in [1.29, 1.82) is 0 Å². The van der Waals surface area contributed by atoms with Crippen molar-refractivity contribution in [3.05, 3.63) is 83.8 Å². The monoisotopic (exact) mass is 378 g/mol. The van der Waals surface area contributed by atoms with E-state index in [0.29, 0.717) is 18.0 Å². The average Bonchev–Trinajstić information content (AvgIpc) is 3.24. The van der Waals surface area contributed by atoms with Gasteiger partial charge in [0.25, 0.3) is 11.8 Å². The van der Waals surface area contributed by atoms with Crippen LogP contribution in [0.3, 0.4) is 0 Å². The number of hydrogen-bond donors (Lipinski definition) is 2. The van der Waals surface area contributed by atoms with E-state index < -0.39 is 0 Å². The molecule has 2 amide bonds. The smallest absolute Gasteiger partial charge is 0.291 e. The number of aryl methyl sites for hydroxylation is 1. The Labute approximate surface area is 163 Å². The fourth-order valence-electron chi connectivity index (χ4n) is 2.66. The van der Waals surface area contributed by atoms with Crippen molar-refractivity contribution in [2.45, 2.75) is 13.3 Å². The fraction of sp³-hybridized carbons (Fsp3) is 0.182. The molecule has 0 aliphatic heterocycles. The van der Waals surface area contributed by atoms with E-state index in [4.69, 9.17) is 9.15 Å². The highest BCUT2D eigenvalue weighted by Gasteiger charge is 2.09. The zero-order valence-corrected chi connectivity index (χ0v) is 15.6. The van der Waals surface area contributed by atoms with Crippen LogP contribution in [-0.4, -0.2) is 25.0 Å². The number of carbonyl (C=O) groups excluding carboxylic acids is 2. The van der Waals surface area contributed by atoms with E-state index in [1.165, 1.54) is 17.4 Å². The van der Waals surface area contributed by atoms with Crippen molar-refractivity contribution in [1.82, 2.24) is 5.32 Å². The molecule has 0 unspecified atom stereocenters. The van der Waals surface area contributed by atoms with Crippen LogP contribution in [0, 0.1) is 6.92 Å². The summed E-state index contributed by atoms with van der Waals surface area (Å²) in [6.45, 7) is 2.55. The van der Waals surface area contributed by atoms with Crippen molar-refractivity contribution in [3.8, 4) is 5.75 Å². The van der Waals surface area contributed by atoms with Gasteiger partial charge in [-0.15, -0.1) is 0 Å². The van der Waals surface area contributed by atoms with E-state index >= 15 is 0 Å². The summed E-state index contributed by atoms with van der Waals surface area (Å²) in [5.41, 5.74) is 3.04. The van der Waals surface area contributed by atoms with E-state index in [-0.39, 0.29) is 24.2 Å². The number of furan rings is 1. The highest BCUT2D eigenvalue weighted by atomic mass is 16.5. The first-order chi connectivity index (χ1) is 13.6. The van der Waals surface area contributed by atoms with Crippen molar-refractivity contribution in [3.63, 3.8) is 0 Å². The number of nitrogens with one attached hydrogen (secondary N) is 2. The predicted molar refractivity (Wildman–Crippen MR) is 106 cm³/mol. The lowest BCUT2D eigenvalue weighted by atomic mass is 10.1. The Kier molecular flexibility index (Phi) is 6.46. The van der Waals surface area contributed by atoms with Crippen LogP contribution in [0.2, 0.25) is 0 Å². The number of carbonyl (C=O) groups is 2. The number of amides is 2. The molecule has 0 saturated carbocycles. The molecule has 6 nitrogen and oxygen atoms in total. The van der Waals surface area contributed by atoms with Crippen molar-refractivity contribution < 1.29 is 18.7 Å². The summed E-state index contributed by atoms with van der Waals surface area (Å²) in [5, 5.41) is 5.57. The minimum atomic E-state index is -0.327. The van der Waals surface area contributed by atoms with Gasteiger partial charge < -0.3 is 19.8 Å². The zero-order valence-electron chi connectivity index (χ0n) is 15.6. The molecule has 28 heavy (non-hydrogen) atoms. The first-order valence-corrected chi connectivity index (χ1v) is 9.01. The van der Waals surface area contributed by atoms with Crippen molar-refractivity contribution in [2.24, 2.45) is 0 Å². The Hall–Kier alpha value is -3.54. The lowest BCUT2D eigenvalue weighted by molar-refractivity contribution is -0.123. The maximum Gasteiger partial charge on any atom is 0.291 e. The average molecular weight is 378 g/mol. The summed E-state index contributed by atoms with van der Waals surface area (Å²) in [6, 6.07) is 18.1. The Morgan fingerprint density at radius 1 is 1.00 bits per heavy atom. The van der Waals surface area contributed by atoms with Crippen molar-refractivity contribution in [2.75, 3.05) is 18.5 Å². The zero-order chi connectivity index (χ0) is 19.8. The van der Waals surface area contributed by atoms with Crippen LogP contribution in [0.4, 0.5) is 5.69 Å². The van der Waals surface area contributed by atoms with Crippen LogP contribution in [-0.2, 0) is 11.2 Å². The molecule has 0 spiro atoms. The topological polar surface area (TPSA) is 80.6 Å². The van der Waals surface area contributed by atoms with Gasteiger partial charge in [-0.05, 0) is 60.9 Å². The molecule has 2 N–H and O–H groups in total. The highest BCUT2D eigenvalue weighted by Crippen LogP contribution is 2.16. The molecule has 6 heteroatoms. The summed E-state index contributed by atoms with van der Waals surface area (Å²) in [7, 11) is 0. The molecule has 0 saturated heterocycles. The fourth-order valence-corrected chi connectivity index (χ4v) is 2.66. The molecule has 0 aliphatic rings. The number of rotatable bonds is 8. The van der Waals surface area contributed by atoms with E-state index in [1.54, 1.807) is 36.4 Å². The SMILES string of the molecule is Cc1ccccc1CCNC(=O)COc1ccc(NC(=O)c2ccco2)cc1. The molecule has 0 aliphatic carbocycles. The van der Waals surface area contributed by atoms with Gasteiger partial charge in [0.15, 0.2) is 12.4 Å². The predicted octanol–water partition coefficient (Wildman–Crippen LogP) is 3.58. The second-order valence-electron chi connectivity index (χ2n) is 6.27. The molecule has 0 atom stereocenters. The quantitative estimate of drug-likeness (QED) is 0.628. The normalized spacial score (nSPS) is 10.3. The molecule has 1 aromatic heterocycles. The number of ether oxygens (including phenoxy) is 1. The van der Waals surface area contributed by atoms with Gasteiger partial charge in [0.05, 0.1) is 6.26 Å². The largest absolute Gasteiger partial charge is 0.484 e. The lowest BCUT2D eigenvalue weighted by Crippen LogP contribution is -2.30. The molecule has 0 fully saturated rings. The summed E-state index contributed by atoms with van der Waals surface area (Å²) >= 11 is 0. The van der Waals surface area contributed by atoms with E-state index in [0.717, 1.165) is 6.42 Å². The van der Waals surface area contributed by atoms with E-state index in [2.05, 4.69) is 29.7 Å². The van der Waals surface area contributed by atoms with Gasteiger partial charge in [-0.3, -0.25) is 9.59 Å². The summed E-state index contributed by atoms with van der Waals surface area (Å²) in [6.07, 6.45) is 2.22. The molecule has 3 aromatic rings. The van der Waals surface area contributed by atoms with Gasteiger partial charge in [0.2, 0.25) is 0 Å². The maximum atomic E-state index is 11.9. The number of benzene rings is 2. The van der Waals surface area contributed by atoms with Crippen LogP contribution < -0.4 is 15.4 Å². The molecule has 144 valence electrons. The molecule has 0 radical (unpaired) electrons. The molecule has 2 aromatic carbocycles. The minimum absolute atomic E-state index is 0.0636. The second kappa shape index (κ2) is 9.41. The van der Waals surface area contributed by atoms with Crippen LogP contribution in [0.5, 0.6) is 5.75 Å². The molecule has 3 rings (SSSR count). The minimum Gasteiger partial charge on any atom is -0.484 e. The third-order valence-electron chi connectivity index (χ3n) is 4.20. The Morgan fingerprint density at radius 3 is 2.50 bits per heavy atom. The van der Waals surface area contributed by atoms with Gasteiger partial charge in [-0.25, -0.2) is 0 Å². The second-order valence-corrected chi connectivity index (χ2v) is 6.27. The van der Waals surface area contributed by atoms with Gasteiger partial charge in [-0.1, -0.05) is 24.3 Å². The standard InChI is InChI=1S/C22H22N2O4/c1-16-5-2-3-6-17(16)12-13-23-21(25)15-28-19-10-8-18(9-11-19)24-22(26)20-7-4-14-27-20/h2-11,14H,12-13,15H2,1H3,(H,23,25)(H,24,26). The lowest BCUT2D eigenvalue weighted by Gasteiger charge is -2.09. The Balaban J connectivity index is 1.40. The molecular formula is C22H22N2O4. The Bertz CT molecular complexity index is 918. The third-order valence-corrected chi connectivity index (χ3v) is 4.20. The van der Waals surface area contributed by atoms with Crippen LogP contribution in [0.15, 0.2) is 71.3 Å². The first-order valence-electron chi connectivity index (χ1n) is 9.01. The van der Waals surface area contributed by atoms with Gasteiger partial charge in [0, 0.05) is 12.2 Å². The molecular weight excluding hydrogens is 356 g/mol. The number of anilines is 1. The van der Waals surface area contributed by atoms with Crippen molar-refractivity contribution >= 4 is 17.5 Å².